The number of anilines is 2. The fraction of sp³-hybridized carbons (Fsp3) is 0.0476. The number of hydrogen-bond acceptors (Lipinski definition) is 4. The van der Waals surface area contributed by atoms with E-state index in [1.54, 1.807) is 24.3 Å². The highest BCUT2D eigenvalue weighted by molar-refractivity contribution is 6.01. The van der Waals surface area contributed by atoms with Crippen molar-refractivity contribution >= 4 is 23.2 Å². The van der Waals surface area contributed by atoms with E-state index in [-0.39, 0.29) is 5.56 Å². The number of benzene rings is 3. The van der Waals surface area contributed by atoms with Crippen LogP contribution in [0, 0.1) is 0 Å². The SMILES string of the molecule is O=C(O)c1ccc(C2=NN(c3ccccc3)CN(c3ccccc3)[N]2)cc1. The third kappa shape index (κ3) is 3.59. The van der Waals surface area contributed by atoms with Crippen molar-refractivity contribution in [2.75, 3.05) is 16.7 Å². The lowest BCUT2D eigenvalue weighted by Crippen LogP contribution is -2.48. The van der Waals surface area contributed by atoms with Gasteiger partial charge in [0.25, 0.3) is 0 Å². The Labute approximate surface area is 156 Å². The van der Waals surface area contributed by atoms with Gasteiger partial charge in [0.15, 0.2) is 5.84 Å². The van der Waals surface area contributed by atoms with Gasteiger partial charge in [-0.1, -0.05) is 48.5 Å². The Kier molecular flexibility index (Phi) is 4.45. The quantitative estimate of drug-likeness (QED) is 0.775. The fourth-order valence-corrected chi connectivity index (χ4v) is 2.80. The van der Waals surface area contributed by atoms with Gasteiger partial charge in [0.1, 0.15) is 6.67 Å². The molecule has 0 unspecified atom stereocenters. The van der Waals surface area contributed by atoms with Crippen LogP contribution in [0.3, 0.4) is 0 Å². The molecule has 0 aliphatic carbocycles. The van der Waals surface area contributed by atoms with Crippen LogP contribution in [-0.2, 0) is 0 Å². The largest absolute Gasteiger partial charge is 0.478 e. The van der Waals surface area contributed by atoms with E-state index in [1.807, 2.05) is 70.7 Å². The molecule has 0 fully saturated rings. The summed E-state index contributed by atoms with van der Waals surface area (Å²) < 4.78 is 0. The highest BCUT2D eigenvalue weighted by Crippen LogP contribution is 2.22. The van der Waals surface area contributed by atoms with Gasteiger partial charge in [-0.15, -0.1) is 10.5 Å². The molecule has 0 saturated carbocycles. The van der Waals surface area contributed by atoms with Crippen molar-refractivity contribution in [3.8, 4) is 0 Å². The van der Waals surface area contributed by atoms with Gasteiger partial charge in [0.05, 0.1) is 16.9 Å². The molecule has 1 aliphatic rings. The van der Waals surface area contributed by atoms with Crippen molar-refractivity contribution in [3.05, 3.63) is 96.1 Å². The zero-order valence-corrected chi connectivity index (χ0v) is 14.4. The number of aromatic carboxylic acids is 1. The maximum Gasteiger partial charge on any atom is 0.335 e. The lowest BCUT2D eigenvalue weighted by Gasteiger charge is -2.34. The second-order valence-corrected chi connectivity index (χ2v) is 6.02. The van der Waals surface area contributed by atoms with E-state index in [0.717, 1.165) is 16.9 Å². The van der Waals surface area contributed by atoms with Gasteiger partial charge in [0, 0.05) is 5.56 Å². The van der Waals surface area contributed by atoms with Gasteiger partial charge in [-0.25, -0.2) is 14.8 Å². The molecule has 4 rings (SSSR count). The zero-order valence-electron chi connectivity index (χ0n) is 14.4. The van der Waals surface area contributed by atoms with Crippen LogP contribution in [0.25, 0.3) is 0 Å². The number of rotatable bonds is 4. The van der Waals surface area contributed by atoms with Crippen LogP contribution in [0.5, 0.6) is 0 Å². The normalized spacial score (nSPS) is 13.7. The molecular weight excluding hydrogens is 340 g/mol. The number of nitrogens with zero attached hydrogens (tertiary/aromatic N) is 4. The summed E-state index contributed by atoms with van der Waals surface area (Å²) in [6.45, 7) is 0.477. The number of para-hydroxylation sites is 2. The second kappa shape index (κ2) is 7.21. The first-order chi connectivity index (χ1) is 13.2. The van der Waals surface area contributed by atoms with Crippen LogP contribution in [-0.4, -0.2) is 23.6 Å². The first kappa shape index (κ1) is 16.7. The Morgan fingerprint density at radius 3 is 1.89 bits per heavy atom. The van der Waals surface area contributed by atoms with Crippen molar-refractivity contribution < 1.29 is 9.90 Å². The number of amidine groups is 1. The molecule has 1 aliphatic heterocycles. The van der Waals surface area contributed by atoms with Gasteiger partial charge in [-0.05, 0) is 36.4 Å². The molecular formula is C21H17N4O2. The molecule has 1 radical (unpaired) electrons. The molecule has 3 aromatic rings. The van der Waals surface area contributed by atoms with Crippen LogP contribution in [0.2, 0.25) is 0 Å². The van der Waals surface area contributed by atoms with Crippen molar-refractivity contribution in [3.63, 3.8) is 0 Å². The molecule has 0 atom stereocenters. The third-order valence-corrected chi connectivity index (χ3v) is 4.20. The summed E-state index contributed by atoms with van der Waals surface area (Å²) in [6.07, 6.45) is 0. The first-order valence-electron chi connectivity index (χ1n) is 8.50. The molecule has 133 valence electrons. The molecule has 6 nitrogen and oxygen atoms in total. The molecule has 0 aromatic heterocycles. The third-order valence-electron chi connectivity index (χ3n) is 4.20. The van der Waals surface area contributed by atoms with Gasteiger partial charge in [-0.2, -0.15) is 0 Å². The minimum atomic E-state index is -0.958. The summed E-state index contributed by atoms with van der Waals surface area (Å²) >= 11 is 0. The molecule has 0 bridgehead atoms. The van der Waals surface area contributed by atoms with Crippen LogP contribution >= 0.6 is 0 Å². The van der Waals surface area contributed by atoms with E-state index in [2.05, 4.69) is 10.5 Å². The van der Waals surface area contributed by atoms with E-state index in [1.165, 1.54) is 0 Å². The maximum atomic E-state index is 11.1. The first-order valence-corrected chi connectivity index (χ1v) is 8.50. The van der Waals surface area contributed by atoms with Crippen molar-refractivity contribution in [2.45, 2.75) is 0 Å². The Bertz CT molecular complexity index is 956. The maximum absolute atomic E-state index is 11.1. The number of hydrazone groups is 1. The van der Waals surface area contributed by atoms with E-state index in [4.69, 9.17) is 5.11 Å². The Hall–Kier alpha value is -3.80. The van der Waals surface area contributed by atoms with Crippen LogP contribution in [0.1, 0.15) is 15.9 Å². The van der Waals surface area contributed by atoms with Crippen molar-refractivity contribution in [2.24, 2.45) is 5.10 Å². The Balaban J connectivity index is 1.71. The highest BCUT2D eigenvalue weighted by atomic mass is 16.4. The van der Waals surface area contributed by atoms with Crippen molar-refractivity contribution in [1.82, 2.24) is 5.43 Å². The number of carboxylic acid groups (broad SMARTS) is 1. The fourth-order valence-electron chi connectivity index (χ4n) is 2.80. The van der Waals surface area contributed by atoms with Gasteiger partial charge >= 0.3 is 5.97 Å². The van der Waals surface area contributed by atoms with Crippen LogP contribution in [0.4, 0.5) is 11.4 Å². The molecule has 3 aromatic carbocycles. The molecule has 0 saturated heterocycles. The van der Waals surface area contributed by atoms with Gasteiger partial charge < -0.3 is 5.11 Å². The van der Waals surface area contributed by atoms with E-state index < -0.39 is 5.97 Å². The smallest absolute Gasteiger partial charge is 0.335 e. The number of carboxylic acids is 1. The van der Waals surface area contributed by atoms with Gasteiger partial charge in [0.2, 0.25) is 0 Å². The minimum Gasteiger partial charge on any atom is -0.478 e. The second-order valence-electron chi connectivity index (χ2n) is 6.02. The molecule has 1 heterocycles. The monoisotopic (exact) mass is 357 g/mol. The zero-order chi connectivity index (χ0) is 18.6. The highest BCUT2D eigenvalue weighted by Gasteiger charge is 2.23. The molecule has 6 heteroatoms. The van der Waals surface area contributed by atoms with Crippen molar-refractivity contribution in [1.29, 1.82) is 0 Å². The van der Waals surface area contributed by atoms with E-state index in [0.29, 0.717) is 12.5 Å². The lowest BCUT2D eigenvalue weighted by atomic mass is 10.1. The average Bonchev–Trinajstić information content (AvgIpc) is 2.75. The topological polar surface area (TPSA) is 70.2 Å². The minimum absolute atomic E-state index is 0.231. The summed E-state index contributed by atoms with van der Waals surface area (Å²) in [7, 11) is 0. The van der Waals surface area contributed by atoms with E-state index in [9.17, 15) is 4.79 Å². The average molecular weight is 357 g/mol. The Morgan fingerprint density at radius 1 is 0.778 bits per heavy atom. The van der Waals surface area contributed by atoms with E-state index >= 15 is 0 Å². The molecule has 27 heavy (non-hydrogen) atoms. The number of carbonyl (C=O) groups is 1. The molecule has 1 N–H and O–H groups in total. The summed E-state index contributed by atoms with van der Waals surface area (Å²) in [5.41, 5.74) is 7.55. The molecule has 0 amide bonds. The standard InChI is InChI=1S/C21H17N4O2/c26-21(27)17-13-11-16(12-14-17)20-22-24(18-7-3-1-4-8-18)15-25(23-20)19-9-5-2-6-10-19/h1-14H,15H2,(H,26,27). The number of hydrogen-bond donors (Lipinski definition) is 1. The van der Waals surface area contributed by atoms with Crippen LogP contribution < -0.4 is 15.4 Å². The predicted molar refractivity (Wildman–Crippen MR) is 105 cm³/mol. The summed E-state index contributed by atoms with van der Waals surface area (Å²) in [5.74, 6) is -0.438. The van der Waals surface area contributed by atoms with Gasteiger partial charge in [-0.3, -0.25) is 0 Å². The summed E-state index contributed by atoms with van der Waals surface area (Å²) in [4.78, 5) is 11.1. The summed E-state index contributed by atoms with van der Waals surface area (Å²) in [5, 5.41) is 17.5. The Morgan fingerprint density at radius 2 is 1.33 bits per heavy atom. The molecule has 0 spiro atoms. The summed E-state index contributed by atoms with van der Waals surface area (Å²) in [6, 6.07) is 26.3. The lowest BCUT2D eigenvalue weighted by molar-refractivity contribution is 0.0697. The van der Waals surface area contributed by atoms with Crippen LogP contribution in [0.15, 0.2) is 90.0 Å². The predicted octanol–water partition coefficient (Wildman–Crippen LogP) is 3.55.